The smallest absolute Gasteiger partial charge is 0.408 e. The van der Waals surface area contributed by atoms with Crippen LogP contribution in [0.15, 0.2) is 60.7 Å². The van der Waals surface area contributed by atoms with Crippen LogP contribution in [0, 0.1) is 0 Å². The van der Waals surface area contributed by atoms with Crippen LogP contribution < -0.4 is 5.32 Å². The van der Waals surface area contributed by atoms with Crippen molar-refractivity contribution in [2.75, 3.05) is 20.8 Å². The minimum atomic E-state index is -1.14. The molecule has 0 aliphatic heterocycles. The SMILES string of the molecule is COC[C@H](NC(=O)OC(C)(C)C)[C@H](OCc1ccccc1)[C@H](OCc1ccccc1)C(=O)OC. The third-order valence-corrected chi connectivity index (χ3v) is 4.73. The lowest BCUT2D eigenvalue weighted by atomic mass is 10.0. The zero-order valence-corrected chi connectivity index (χ0v) is 20.5. The van der Waals surface area contributed by atoms with Crippen LogP contribution in [-0.4, -0.2) is 56.7 Å². The molecule has 0 heterocycles. The molecule has 8 heteroatoms. The molecule has 0 unspecified atom stereocenters. The Bertz CT molecular complexity index is 868. The monoisotopic (exact) mass is 473 g/mol. The van der Waals surface area contributed by atoms with Gasteiger partial charge in [-0.2, -0.15) is 0 Å². The van der Waals surface area contributed by atoms with Crippen LogP contribution >= 0.6 is 0 Å². The number of carbonyl (C=O) groups is 2. The summed E-state index contributed by atoms with van der Waals surface area (Å²) in [7, 11) is 2.78. The van der Waals surface area contributed by atoms with Gasteiger partial charge in [-0.1, -0.05) is 60.7 Å². The highest BCUT2D eigenvalue weighted by Gasteiger charge is 2.39. The number of amides is 1. The van der Waals surface area contributed by atoms with Gasteiger partial charge in [0.15, 0.2) is 6.10 Å². The molecule has 34 heavy (non-hydrogen) atoms. The second-order valence-electron chi connectivity index (χ2n) is 8.71. The highest BCUT2D eigenvalue weighted by atomic mass is 16.6. The Labute approximate surface area is 201 Å². The van der Waals surface area contributed by atoms with E-state index in [4.69, 9.17) is 23.7 Å². The van der Waals surface area contributed by atoms with Gasteiger partial charge in [0.05, 0.1) is 33.0 Å². The second kappa shape index (κ2) is 13.7. The quantitative estimate of drug-likeness (QED) is 0.468. The number of ether oxygens (including phenoxy) is 5. The average molecular weight is 474 g/mol. The van der Waals surface area contributed by atoms with Crippen molar-refractivity contribution in [2.45, 2.75) is 57.8 Å². The van der Waals surface area contributed by atoms with Gasteiger partial charge in [-0.3, -0.25) is 0 Å². The Kier molecular flexibility index (Phi) is 11.0. The van der Waals surface area contributed by atoms with Gasteiger partial charge in [0.2, 0.25) is 0 Å². The van der Waals surface area contributed by atoms with Crippen molar-refractivity contribution in [1.29, 1.82) is 0 Å². The first kappa shape index (κ1) is 27.3. The summed E-state index contributed by atoms with van der Waals surface area (Å²) in [6, 6.07) is 18.2. The molecule has 1 amide bonds. The molecule has 2 aromatic carbocycles. The van der Waals surface area contributed by atoms with E-state index in [0.29, 0.717) is 0 Å². The Morgan fingerprint density at radius 1 is 0.853 bits per heavy atom. The van der Waals surface area contributed by atoms with E-state index in [0.717, 1.165) is 11.1 Å². The largest absolute Gasteiger partial charge is 0.467 e. The van der Waals surface area contributed by atoms with Crippen LogP contribution in [0.25, 0.3) is 0 Å². The number of alkyl carbamates (subject to hydrolysis) is 1. The first-order valence-electron chi connectivity index (χ1n) is 11.1. The van der Waals surface area contributed by atoms with Gasteiger partial charge in [-0.25, -0.2) is 9.59 Å². The lowest BCUT2D eigenvalue weighted by molar-refractivity contribution is -0.172. The molecule has 0 fully saturated rings. The predicted molar refractivity (Wildman–Crippen MR) is 127 cm³/mol. The van der Waals surface area contributed by atoms with E-state index in [1.165, 1.54) is 14.2 Å². The first-order valence-corrected chi connectivity index (χ1v) is 11.1. The summed E-state index contributed by atoms with van der Waals surface area (Å²) in [5.41, 5.74) is 1.07. The number of hydrogen-bond acceptors (Lipinski definition) is 7. The molecule has 1 N–H and O–H groups in total. The third-order valence-electron chi connectivity index (χ3n) is 4.73. The first-order chi connectivity index (χ1) is 16.2. The van der Waals surface area contributed by atoms with E-state index in [9.17, 15) is 9.59 Å². The van der Waals surface area contributed by atoms with Crippen molar-refractivity contribution in [3.05, 3.63) is 71.8 Å². The molecule has 2 aromatic rings. The molecular weight excluding hydrogens is 438 g/mol. The number of methoxy groups -OCH3 is 2. The summed E-state index contributed by atoms with van der Waals surface area (Å²) in [5.74, 6) is -0.624. The summed E-state index contributed by atoms with van der Waals surface area (Å²) in [6.45, 7) is 5.69. The third kappa shape index (κ3) is 9.51. The van der Waals surface area contributed by atoms with Crippen LogP contribution in [0.1, 0.15) is 31.9 Å². The molecule has 0 saturated heterocycles. The van der Waals surface area contributed by atoms with Crippen molar-refractivity contribution in [2.24, 2.45) is 0 Å². The number of benzene rings is 2. The van der Waals surface area contributed by atoms with Crippen molar-refractivity contribution in [3.63, 3.8) is 0 Å². The van der Waals surface area contributed by atoms with Gasteiger partial charge < -0.3 is 29.0 Å². The maximum Gasteiger partial charge on any atom is 0.408 e. The van der Waals surface area contributed by atoms with E-state index in [2.05, 4.69) is 5.32 Å². The Morgan fingerprint density at radius 3 is 1.85 bits per heavy atom. The number of carbonyl (C=O) groups excluding carboxylic acids is 2. The van der Waals surface area contributed by atoms with Gasteiger partial charge in [-0.05, 0) is 31.9 Å². The maximum absolute atomic E-state index is 12.8. The average Bonchev–Trinajstić information content (AvgIpc) is 2.80. The molecule has 0 radical (unpaired) electrons. The normalized spacial score (nSPS) is 14.0. The van der Waals surface area contributed by atoms with Gasteiger partial charge in [0.25, 0.3) is 0 Å². The number of nitrogens with one attached hydrogen (secondary N) is 1. The summed E-state index contributed by atoms with van der Waals surface area (Å²) < 4.78 is 27.9. The molecule has 0 spiro atoms. The minimum absolute atomic E-state index is 0.0564. The Balaban J connectivity index is 2.30. The van der Waals surface area contributed by atoms with Crippen molar-refractivity contribution < 1.29 is 33.3 Å². The lowest BCUT2D eigenvalue weighted by Gasteiger charge is -2.33. The van der Waals surface area contributed by atoms with E-state index in [1.54, 1.807) is 20.8 Å². The molecule has 0 aromatic heterocycles. The van der Waals surface area contributed by atoms with E-state index in [1.807, 2.05) is 60.7 Å². The zero-order valence-electron chi connectivity index (χ0n) is 20.5. The fourth-order valence-corrected chi connectivity index (χ4v) is 3.21. The topological polar surface area (TPSA) is 92.3 Å². The van der Waals surface area contributed by atoms with Gasteiger partial charge >= 0.3 is 12.1 Å². The fraction of sp³-hybridized carbons (Fsp3) is 0.462. The van der Waals surface area contributed by atoms with Gasteiger partial charge in [-0.15, -0.1) is 0 Å². The van der Waals surface area contributed by atoms with E-state index < -0.39 is 35.9 Å². The van der Waals surface area contributed by atoms with E-state index in [-0.39, 0.29) is 19.8 Å². The minimum Gasteiger partial charge on any atom is -0.467 e. The lowest BCUT2D eigenvalue weighted by Crippen LogP contribution is -2.55. The molecule has 2 rings (SSSR count). The van der Waals surface area contributed by atoms with Crippen LogP contribution in [0.5, 0.6) is 0 Å². The molecule has 0 aliphatic carbocycles. The summed E-state index contributed by atoms with van der Waals surface area (Å²) >= 11 is 0. The second-order valence-corrected chi connectivity index (χ2v) is 8.71. The van der Waals surface area contributed by atoms with Crippen LogP contribution in [0.4, 0.5) is 4.79 Å². The van der Waals surface area contributed by atoms with Crippen LogP contribution in [0.3, 0.4) is 0 Å². The molecule has 0 bridgehead atoms. The molecule has 0 saturated carbocycles. The fourth-order valence-electron chi connectivity index (χ4n) is 3.21. The summed E-state index contributed by atoms with van der Waals surface area (Å²) in [6.07, 6.45) is -2.72. The van der Waals surface area contributed by atoms with E-state index >= 15 is 0 Å². The van der Waals surface area contributed by atoms with Gasteiger partial charge in [0, 0.05) is 7.11 Å². The molecular formula is C26H35NO7. The van der Waals surface area contributed by atoms with Crippen LogP contribution in [0.2, 0.25) is 0 Å². The number of rotatable bonds is 12. The molecule has 3 atom stereocenters. The summed E-state index contributed by atoms with van der Waals surface area (Å²) in [5, 5.41) is 2.77. The summed E-state index contributed by atoms with van der Waals surface area (Å²) in [4.78, 5) is 25.4. The zero-order chi connectivity index (χ0) is 25.0. The van der Waals surface area contributed by atoms with Crippen molar-refractivity contribution in [3.8, 4) is 0 Å². The highest BCUT2D eigenvalue weighted by molar-refractivity contribution is 5.76. The molecule has 0 aliphatic rings. The van der Waals surface area contributed by atoms with Crippen molar-refractivity contribution >= 4 is 12.1 Å². The van der Waals surface area contributed by atoms with Crippen LogP contribution in [-0.2, 0) is 41.7 Å². The maximum atomic E-state index is 12.8. The Morgan fingerprint density at radius 2 is 1.38 bits per heavy atom. The Hall–Kier alpha value is -2.94. The molecule has 186 valence electrons. The molecule has 8 nitrogen and oxygen atoms in total. The highest BCUT2D eigenvalue weighted by Crippen LogP contribution is 2.18. The van der Waals surface area contributed by atoms with Crippen molar-refractivity contribution in [1.82, 2.24) is 5.32 Å². The number of hydrogen-bond donors (Lipinski definition) is 1. The predicted octanol–water partition coefficient (Wildman–Crippen LogP) is 3.87. The van der Waals surface area contributed by atoms with Gasteiger partial charge in [0.1, 0.15) is 11.7 Å². The standard InChI is InChI=1S/C26H35NO7/c1-26(2,3)34-25(29)27-21(18-30-4)22(32-16-19-12-8-6-9-13-19)23(24(28)31-5)33-17-20-14-10-7-11-15-20/h6-15,21-23H,16-18H2,1-5H3,(H,27,29)/t21-,22-,23-/m0/s1. The number of esters is 1.